The number of aromatic nitrogens is 2. The third kappa shape index (κ3) is 4.58. The number of benzene rings is 1. The zero-order valence-corrected chi connectivity index (χ0v) is 19.6. The fraction of sp³-hybridized carbons (Fsp3) is 0.346. The molecule has 1 aromatic heterocycles. The van der Waals surface area contributed by atoms with Crippen molar-refractivity contribution in [2.24, 2.45) is 0 Å². The second-order valence-electron chi connectivity index (χ2n) is 9.47. The van der Waals surface area contributed by atoms with Crippen molar-refractivity contribution in [3.8, 4) is 0 Å². The minimum Gasteiger partial charge on any atom is -0.343 e. The van der Waals surface area contributed by atoms with Gasteiger partial charge in [-0.15, -0.1) is 0 Å². The summed E-state index contributed by atoms with van der Waals surface area (Å²) < 4.78 is 15.0. The zero-order valence-electron chi connectivity index (χ0n) is 19.6. The molecule has 1 unspecified atom stereocenters. The van der Waals surface area contributed by atoms with E-state index < -0.39 is 17.3 Å². The van der Waals surface area contributed by atoms with Crippen LogP contribution in [0.1, 0.15) is 47.7 Å². The van der Waals surface area contributed by atoms with E-state index in [1.807, 2.05) is 30.1 Å². The summed E-state index contributed by atoms with van der Waals surface area (Å²) in [7, 11) is 0. The molecule has 2 aliphatic heterocycles. The van der Waals surface area contributed by atoms with Crippen molar-refractivity contribution >= 4 is 23.5 Å². The molecule has 1 fully saturated rings. The molecule has 1 atom stereocenters. The third-order valence-corrected chi connectivity index (χ3v) is 6.79. The number of nitrogens with zero attached hydrogens (tertiary/aromatic N) is 4. The van der Waals surface area contributed by atoms with Gasteiger partial charge in [-0.1, -0.05) is 18.2 Å². The molecule has 1 aromatic carbocycles. The summed E-state index contributed by atoms with van der Waals surface area (Å²) in [5, 5.41) is 19.6. The summed E-state index contributed by atoms with van der Waals surface area (Å²) in [6.07, 6.45) is 11.5. The Bertz CT molecular complexity index is 1260. The normalized spacial score (nSPS) is 21.5. The molecule has 0 spiro atoms. The molecule has 1 saturated heterocycles. The van der Waals surface area contributed by atoms with Gasteiger partial charge in [-0.25, -0.2) is 14.4 Å². The number of amidine groups is 2. The molecule has 3 aliphatic rings. The van der Waals surface area contributed by atoms with E-state index >= 15 is 0 Å². The molecule has 9 heteroatoms. The van der Waals surface area contributed by atoms with Crippen LogP contribution >= 0.6 is 0 Å². The molecular weight excluding hydrogens is 445 g/mol. The van der Waals surface area contributed by atoms with Crippen LogP contribution in [0.4, 0.5) is 10.3 Å². The van der Waals surface area contributed by atoms with Gasteiger partial charge in [-0.05, 0) is 54.7 Å². The van der Waals surface area contributed by atoms with Crippen LogP contribution in [-0.2, 0) is 13.0 Å². The SMILES string of the molecule is CC1(NC(=O)c2cc3c(cc2F)CCN(c2ncccn2)C3)C=CC=C(C(=N)N2CCCC2=N)C1. The monoisotopic (exact) mass is 473 g/mol. The quantitative estimate of drug-likeness (QED) is 0.464. The number of likely N-dealkylation sites (tertiary alicyclic amines) is 1. The van der Waals surface area contributed by atoms with Gasteiger partial charge in [-0.3, -0.25) is 15.6 Å². The highest BCUT2D eigenvalue weighted by atomic mass is 19.1. The fourth-order valence-electron chi connectivity index (χ4n) is 4.94. The van der Waals surface area contributed by atoms with Crippen molar-refractivity contribution in [2.45, 2.75) is 44.7 Å². The lowest BCUT2D eigenvalue weighted by molar-refractivity contribution is 0.0918. The van der Waals surface area contributed by atoms with Crippen molar-refractivity contribution in [3.05, 3.63) is 76.9 Å². The van der Waals surface area contributed by atoms with Crippen LogP contribution in [0.15, 0.2) is 54.4 Å². The molecule has 5 rings (SSSR count). The average molecular weight is 474 g/mol. The Morgan fingerprint density at radius 3 is 2.71 bits per heavy atom. The molecule has 35 heavy (non-hydrogen) atoms. The second kappa shape index (κ2) is 9.05. The molecule has 3 heterocycles. The van der Waals surface area contributed by atoms with Crippen molar-refractivity contribution in [2.75, 3.05) is 18.0 Å². The maximum Gasteiger partial charge on any atom is 0.254 e. The van der Waals surface area contributed by atoms with Crippen molar-refractivity contribution in [1.29, 1.82) is 10.8 Å². The van der Waals surface area contributed by atoms with Crippen LogP contribution in [0.2, 0.25) is 0 Å². The Labute approximate surface area is 203 Å². The number of fused-ring (bicyclic) bond motifs is 1. The van der Waals surface area contributed by atoms with Crippen LogP contribution in [-0.4, -0.2) is 51.1 Å². The number of carbonyl (C=O) groups is 1. The Kier molecular flexibility index (Phi) is 5.92. The first-order valence-electron chi connectivity index (χ1n) is 11.8. The highest BCUT2D eigenvalue weighted by Crippen LogP contribution is 2.28. The summed E-state index contributed by atoms with van der Waals surface area (Å²) in [4.78, 5) is 25.6. The van der Waals surface area contributed by atoms with Crippen molar-refractivity contribution in [1.82, 2.24) is 20.2 Å². The van der Waals surface area contributed by atoms with E-state index in [-0.39, 0.29) is 5.56 Å². The third-order valence-electron chi connectivity index (χ3n) is 6.79. The lowest BCUT2D eigenvalue weighted by Gasteiger charge is -2.33. The summed E-state index contributed by atoms with van der Waals surface area (Å²) in [5.74, 6) is 0.319. The molecule has 3 N–H and O–H groups in total. The molecule has 8 nitrogen and oxygen atoms in total. The summed E-state index contributed by atoms with van der Waals surface area (Å²) in [6, 6.07) is 4.86. The van der Waals surface area contributed by atoms with Crippen molar-refractivity contribution in [3.63, 3.8) is 0 Å². The predicted molar refractivity (Wildman–Crippen MR) is 132 cm³/mol. The van der Waals surface area contributed by atoms with E-state index in [0.29, 0.717) is 56.5 Å². The molecular formula is C26H28FN7O. The number of anilines is 1. The zero-order chi connectivity index (χ0) is 24.6. The fourth-order valence-corrected chi connectivity index (χ4v) is 4.94. The van der Waals surface area contributed by atoms with Gasteiger partial charge in [0.05, 0.1) is 11.1 Å². The van der Waals surface area contributed by atoms with Gasteiger partial charge in [0.25, 0.3) is 5.91 Å². The van der Waals surface area contributed by atoms with Crippen LogP contribution in [0.3, 0.4) is 0 Å². The minimum absolute atomic E-state index is 0.00158. The van der Waals surface area contributed by atoms with Crippen molar-refractivity contribution < 1.29 is 9.18 Å². The molecule has 2 aromatic rings. The van der Waals surface area contributed by atoms with Gasteiger partial charge in [0, 0.05) is 44.9 Å². The first-order chi connectivity index (χ1) is 16.8. The Morgan fingerprint density at radius 1 is 1.17 bits per heavy atom. The van der Waals surface area contributed by atoms with Gasteiger partial charge in [0.15, 0.2) is 0 Å². The number of hydrogen-bond donors (Lipinski definition) is 3. The summed E-state index contributed by atoms with van der Waals surface area (Å²) in [6.45, 7) is 3.71. The van der Waals surface area contributed by atoms with Crippen LogP contribution in [0.5, 0.6) is 0 Å². The average Bonchev–Trinajstić information content (AvgIpc) is 3.28. The van der Waals surface area contributed by atoms with Gasteiger partial charge in [-0.2, -0.15) is 0 Å². The van der Waals surface area contributed by atoms with Gasteiger partial charge < -0.3 is 15.1 Å². The largest absolute Gasteiger partial charge is 0.343 e. The predicted octanol–water partition coefficient (Wildman–Crippen LogP) is 3.60. The summed E-state index contributed by atoms with van der Waals surface area (Å²) in [5.41, 5.74) is 1.74. The van der Waals surface area contributed by atoms with Crippen LogP contribution in [0, 0.1) is 16.6 Å². The number of hydrogen-bond acceptors (Lipinski definition) is 6. The molecule has 0 saturated carbocycles. The first kappa shape index (κ1) is 22.9. The van der Waals surface area contributed by atoms with E-state index in [9.17, 15) is 9.18 Å². The Balaban J connectivity index is 1.32. The maximum atomic E-state index is 15.0. The standard InChI is InChI=1S/C26H28FN7O/c1-26(8-2-5-18(15-26)23(29)34-11-3-6-22(34)28)32-24(35)20-13-19-16-33(25-30-9-4-10-31-25)12-7-17(19)14-21(20)27/h2,4-5,8-10,13-14,28-29H,3,6-7,11-12,15-16H2,1H3,(H,32,35). The Hall–Kier alpha value is -3.88. The molecule has 1 aliphatic carbocycles. The highest BCUT2D eigenvalue weighted by Gasteiger charge is 2.32. The lowest BCUT2D eigenvalue weighted by atomic mass is 9.87. The smallest absolute Gasteiger partial charge is 0.254 e. The number of carbonyl (C=O) groups excluding carboxylic acids is 1. The molecule has 0 bridgehead atoms. The number of allylic oxidation sites excluding steroid dienone is 2. The molecule has 180 valence electrons. The van der Waals surface area contributed by atoms with Gasteiger partial charge in [0.2, 0.25) is 5.95 Å². The maximum absolute atomic E-state index is 15.0. The highest BCUT2D eigenvalue weighted by molar-refractivity contribution is 6.08. The lowest BCUT2D eigenvalue weighted by Crippen LogP contribution is -2.47. The van der Waals surface area contributed by atoms with Gasteiger partial charge in [0.1, 0.15) is 17.5 Å². The van der Waals surface area contributed by atoms with E-state index in [2.05, 4.69) is 15.3 Å². The van der Waals surface area contributed by atoms with Crippen LogP contribution < -0.4 is 10.2 Å². The molecule has 0 radical (unpaired) electrons. The van der Waals surface area contributed by atoms with Crippen LogP contribution in [0.25, 0.3) is 0 Å². The summed E-state index contributed by atoms with van der Waals surface area (Å²) >= 11 is 0. The number of halogens is 1. The first-order valence-corrected chi connectivity index (χ1v) is 11.8. The topological polar surface area (TPSA) is 109 Å². The number of rotatable bonds is 4. The van der Waals surface area contributed by atoms with E-state index in [4.69, 9.17) is 10.8 Å². The molecule has 1 amide bonds. The Morgan fingerprint density at radius 2 is 1.97 bits per heavy atom. The second-order valence-corrected chi connectivity index (χ2v) is 9.47. The number of nitrogens with one attached hydrogen (secondary N) is 3. The minimum atomic E-state index is -0.776. The van der Waals surface area contributed by atoms with Gasteiger partial charge >= 0.3 is 0 Å². The van der Waals surface area contributed by atoms with E-state index in [1.165, 1.54) is 6.07 Å². The van der Waals surface area contributed by atoms with E-state index in [0.717, 1.165) is 23.1 Å². The number of amides is 1. The van der Waals surface area contributed by atoms with E-state index in [1.54, 1.807) is 29.4 Å².